The second-order valence-corrected chi connectivity index (χ2v) is 2.82. The molecule has 1 nitrogen and oxygen atoms in total. The minimum Gasteiger partial charge on any atom is -0.393 e. The molecule has 0 aromatic heterocycles. The molecule has 0 saturated heterocycles. The number of rotatable bonds is 3. The van der Waals surface area contributed by atoms with E-state index in [9.17, 15) is 0 Å². The van der Waals surface area contributed by atoms with E-state index in [2.05, 4.69) is 13.8 Å². The van der Waals surface area contributed by atoms with E-state index < -0.39 is 0 Å². The summed E-state index contributed by atoms with van der Waals surface area (Å²) in [6.07, 6.45) is 1.97. The van der Waals surface area contributed by atoms with E-state index in [1.165, 1.54) is 0 Å². The molecule has 64 valence electrons. The van der Waals surface area contributed by atoms with Crippen LogP contribution in [0.5, 0.6) is 0 Å². The minimum absolute atomic E-state index is 0.114. The van der Waals surface area contributed by atoms with Crippen molar-refractivity contribution in [3.05, 3.63) is 0 Å². The predicted octanol–water partition coefficient (Wildman–Crippen LogP) is 2.83. The van der Waals surface area contributed by atoms with Crippen molar-refractivity contribution in [2.24, 2.45) is 5.92 Å². The third kappa shape index (κ3) is 15.7. The lowest BCUT2D eigenvalue weighted by molar-refractivity contribution is 0.176. The first kappa shape index (κ1) is 12.6. The first-order chi connectivity index (χ1) is 4.63. The van der Waals surface area contributed by atoms with E-state index in [0.717, 1.165) is 18.8 Å². The summed E-state index contributed by atoms with van der Waals surface area (Å²) in [5.41, 5.74) is 0. The number of aliphatic hydroxyl groups is 1. The molecular weight excluding hydrogens is 124 g/mol. The lowest BCUT2D eigenvalue weighted by Crippen LogP contribution is -2.00. The molecule has 1 atom stereocenters. The standard InChI is InChI=1S/C7H16O.C2H6/c1-6(2)4-5-7(3)8;1-2/h6-8H,4-5H2,1-3H3;1-2H3. The van der Waals surface area contributed by atoms with Crippen molar-refractivity contribution in [1.82, 2.24) is 0 Å². The first-order valence-corrected chi connectivity index (χ1v) is 4.31. The topological polar surface area (TPSA) is 20.2 Å². The summed E-state index contributed by atoms with van der Waals surface area (Å²) in [6, 6.07) is 0. The van der Waals surface area contributed by atoms with Crippen molar-refractivity contribution in [2.75, 3.05) is 0 Å². The Labute approximate surface area is 65.5 Å². The fourth-order valence-electron chi connectivity index (χ4n) is 0.575. The average molecular weight is 146 g/mol. The van der Waals surface area contributed by atoms with Crippen LogP contribution in [-0.4, -0.2) is 11.2 Å². The molecule has 0 saturated carbocycles. The zero-order chi connectivity index (χ0) is 8.57. The molecule has 0 rings (SSSR count). The van der Waals surface area contributed by atoms with Crippen LogP contribution in [0, 0.1) is 5.92 Å². The van der Waals surface area contributed by atoms with Gasteiger partial charge in [0.05, 0.1) is 6.10 Å². The Balaban J connectivity index is 0. The maximum Gasteiger partial charge on any atom is 0.0512 e. The van der Waals surface area contributed by atoms with Crippen LogP contribution in [0.1, 0.15) is 47.5 Å². The highest BCUT2D eigenvalue weighted by molar-refractivity contribution is 4.49. The van der Waals surface area contributed by atoms with Crippen molar-refractivity contribution in [3.8, 4) is 0 Å². The van der Waals surface area contributed by atoms with Gasteiger partial charge in [-0.05, 0) is 25.7 Å². The van der Waals surface area contributed by atoms with Crippen molar-refractivity contribution in [2.45, 2.75) is 53.6 Å². The highest BCUT2D eigenvalue weighted by atomic mass is 16.3. The van der Waals surface area contributed by atoms with Gasteiger partial charge in [-0.1, -0.05) is 27.7 Å². The van der Waals surface area contributed by atoms with Crippen LogP contribution in [0.25, 0.3) is 0 Å². The number of aliphatic hydroxyl groups excluding tert-OH is 1. The summed E-state index contributed by atoms with van der Waals surface area (Å²) in [4.78, 5) is 0. The van der Waals surface area contributed by atoms with E-state index in [-0.39, 0.29) is 6.10 Å². The number of hydrogen-bond acceptors (Lipinski definition) is 1. The second kappa shape index (κ2) is 8.96. The predicted molar refractivity (Wildman–Crippen MR) is 47.1 cm³/mol. The van der Waals surface area contributed by atoms with E-state index in [0.29, 0.717) is 0 Å². The van der Waals surface area contributed by atoms with Crippen LogP contribution in [-0.2, 0) is 0 Å². The molecule has 0 aliphatic rings. The Morgan fingerprint density at radius 1 is 1.00 bits per heavy atom. The van der Waals surface area contributed by atoms with Crippen LogP contribution < -0.4 is 0 Å². The van der Waals surface area contributed by atoms with Crippen LogP contribution in [0.3, 0.4) is 0 Å². The van der Waals surface area contributed by atoms with Crippen molar-refractivity contribution >= 4 is 0 Å². The van der Waals surface area contributed by atoms with Gasteiger partial charge in [0, 0.05) is 0 Å². The summed E-state index contributed by atoms with van der Waals surface area (Å²) in [5, 5.41) is 8.80. The summed E-state index contributed by atoms with van der Waals surface area (Å²) in [5.74, 6) is 0.726. The molecule has 0 bridgehead atoms. The van der Waals surface area contributed by atoms with Gasteiger partial charge in [0.25, 0.3) is 0 Å². The van der Waals surface area contributed by atoms with E-state index >= 15 is 0 Å². The third-order valence-electron chi connectivity index (χ3n) is 1.16. The van der Waals surface area contributed by atoms with Gasteiger partial charge in [-0.15, -0.1) is 0 Å². The molecule has 1 heteroatoms. The maximum atomic E-state index is 8.80. The Morgan fingerprint density at radius 3 is 1.50 bits per heavy atom. The molecule has 0 fully saturated rings. The molecule has 0 amide bonds. The molecule has 0 aliphatic heterocycles. The van der Waals surface area contributed by atoms with Crippen LogP contribution in [0.4, 0.5) is 0 Å². The monoisotopic (exact) mass is 146 g/mol. The van der Waals surface area contributed by atoms with E-state index in [4.69, 9.17) is 5.11 Å². The molecule has 10 heavy (non-hydrogen) atoms. The largest absolute Gasteiger partial charge is 0.393 e. The van der Waals surface area contributed by atoms with Crippen LogP contribution in [0.2, 0.25) is 0 Å². The van der Waals surface area contributed by atoms with Crippen molar-refractivity contribution < 1.29 is 5.11 Å². The molecule has 1 N–H and O–H groups in total. The first-order valence-electron chi connectivity index (χ1n) is 4.31. The van der Waals surface area contributed by atoms with Gasteiger partial charge in [0.15, 0.2) is 0 Å². The van der Waals surface area contributed by atoms with Gasteiger partial charge in [-0.25, -0.2) is 0 Å². The number of hydrogen-bond donors (Lipinski definition) is 1. The smallest absolute Gasteiger partial charge is 0.0512 e. The van der Waals surface area contributed by atoms with Gasteiger partial charge in [0.1, 0.15) is 0 Å². The highest BCUT2D eigenvalue weighted by Crippen LogP contribution is 2.05. The van der Waals surface area contributed by atoms with Gasteiger partial charge in [0.2, 0.25) is 0 Å². The Bertz CT molecular complexity index is 40.7. The molecule has 1 unspecified atom stereocenters. The Kier molecular flexibility index (Phi) is 11.3. The highest BCUT2D eigenvalue weighted by Gasteiger charge is 1.96. The lowest BCUT2D eigenvalue weighted by Gasteiger charge is -2.04. The molecular formula is C9H22O. The SMILES string of the molecule is CC.CC(C)CCC(C)O. The zero-order valence-corrected chi connectivity index (χ0v) is 8.02. The van der Waals surface area contributed by atoms with Gasteiger partial charge < -0.3 is 5.11 Å². The van der Waals surface area contributed by atoms with Gasteiger partial charge in [-0.3, -0.25) is 0 Å². The second-order valence-electron chi connectivity index (χ2n) is 2.82. The molecule has 0 aromatic rings. The van der Waals surface area contributed by atoms with E-state index in [1.54, 1.807) is 0 Å². The van der Waals surface area contributed by atoms with Gasteiger partial charge in [-0.2, -0.15) is 0 Å². The summed E-state index contributed by atoms with van der Waals surface area (Å²) in [7, 11) is 0. The fourth-order valence-corrected chi connectivity index (χ4v) is 0.575. The molecule has 0 radical (unpaired) electrons. The molecule has 0 spiro atoms. The quantitative estimate of drug-likeness (QED) is 0.649. The van der Waals surface area contributed by atoms with Gasteiger partial charge >= 0.3 is 0 Å². The van der Waals surface area contributed by atoms with Crippen LogP contribution in [0.15, 0.2) is 0 Å². The van der Waals surface area contributed by atoms with Crippen LogP contribution >= 0.6 is 0 Å². The lowest BCUT2D eigenvalue weighted by atomic mass is 10.1. The molecule has 0 aromatic carbocycles. The van der Waals surface area contributed by atoms with Crippen molar-refractivity contribution in [1.29, 1.82) is 0 Å². The zero-order valence-electron chi connectivity index (χ0n) is 8.02. The van der Waals surface area contributed by atoms with E-state index in [1.807, 2.05) is 20.8 Å². The normalized spacial score (nSPS) is 12.3. The molecule has 0 aliphatic carbocycles. The Morgan fingerprint density at radius 2 is 1.40 bits per heavy atom. The fraction of sp³-hybridized carbons (Fsp3) is 1.00. The Hall–Kier alpha value is -0.0400. The third-order valence-corrected chi connectivity index (χ3v) is 1.16. The average Bonchev–Trinajstić information content (AvgIpc) is 1.89. The molecule has 0 heterocycles. The summed E-state index contributed by atoms with van der Waals surface area (Å²) in [6.45, 7) is 10.2. The van der Waals surface area contributed by atoms with Crippen molar-refractivity contribution in [3.63, 3.8) is 0 Å². The summed E-state index contributed by atoms with van der Waals surface area (Å²) < 4.78 is 0. The maximum absolute atomic E-state index is 8.80. The summed E-state index contributed by atoms with van der Waals surface area (Å²) >= 11 is 0. The minimum atomic E-state index is -0.114.